The van der Waals surface area contributed by atoms with Gasteiger partial charge in [0.2, 0.25) is 0 Å². The van der Waals surface area contributed by atoms with Gasteiger partial charge in [-0.05, 0) is 53.8 Å². The van der Waals surface area contributed by atoms with Gasteiger partial charge >= 0.3 is 0 Å². The highest BCUT2D eigenvalue weighted by molar-refractivity contribution is 5.73. The zero-order valence-corrected chi connectivity index (χ0v) is 22.1. The quantitative estimate of drug-likeness (QED) is 0.394. The molecule has 0 amide bonds. The van der Waals surface area contributed by atoms with E-state index in [1.807, 2.05) is 0 Å². The zero-order valence-electron chi connectivity index (χ0n) is 22.1. The summed E-state index contributed by atoms with van der Waals surface area (Å²) in [6.45, 7) is 20.6. The summed E-state index contributed by atoms with van der Waals surface area (Å²) in [5.74, 6) is 0. The Balaban J connectivity index is 1.74. The lowest BCUT2D eigenvalue weighted by Crippen LogP contribution is -2.28. The molecule has 34 heavy (non-hydrogen) atoms. The largest absolute Gasteiger partial charge is 0.344 e. The Bertz CT molecular complexity index is 1030. The normalized spacial score (nSPS) is 20.2. The van der Waals surface area contributed by atoms with E-state index in [9.17, 15) is 0 Å². The van der Waals surface area contributed by atoms with Crippen molar-refractivity contribution in [3.63, 3.8) is 0 Å². The van der Waals surface area contributed by atoms with Crippen molar-refractivity contribution < 1.29 is 0 Å². The summed E-state index contributed by atoms with van der Waals surface area (Å²) >= 11 is 0. The van der Waals surface area contributed by atoms with Gasteiger partial charge in [0.1, 0.15) is 0 Å². The number of para-hydroxylation sites is 2. The number of fused-ring (bicyclic) bond motifs is 2. The second kappa shape index (κ2) is 9.49. The average Bonchev–Trinajstić information content (AvgIpc) is 3.16. The minimum atomic E-state index is -0.0398. The molecule has 0 saturated heterocycles. The van der Waals surface area contributed by atoms with Crippen LogP contribution in [-0.2, 0) is 10.8 Å². The van der Waals surface area contributed by atoms with Gasteiger partial charge in [-0.15, -0.1) is 0 Å². The SMILES string of the molecule is C=C(/C=C1/N(CCCC)c2ccccc2C1(C)C)/C=C1/N(CCCC)c2ccccc2C1(C)C. The van der Waals surface area contributed by atoms with Crippen molar-refractivity contribution >= 4 is 11.4 Å². The summed E-state index contributed by atoms with van der Waals surface area (Å²) in [4.78, 5) is 5.07. The molecule has 0 fully saturated rings. The summed E-state index contributed by atoms with van der Waals surface area (Å²) in [6, 6.07) is 17.8. The van der Waals surface area contributed by atoms with E-state index in [4.69, 9.17) is 0 Å². The van der Waals surface area contributed by atoms with Gasteiger partial charge in [-0.2, -0.15) is 0 Å². The number of hydrogen-bond donors (Lipinski definition) is 0. The van der Waals surface area contributed by atoms with Gasteiger partial charge in [0.05, 0.1) is 0 Å². The average molecular weight is 455 g/mol. The van der Waals surface area contributed by atoms with Crippen molar-refractivity contribution in [3.8, 4) is 0 Å². The molecule has 0 unspecified atom stereocenters. The Morgan fingerprint density at radius 3 is 1.47 bits per heavy atom. The summed E-state index contributed by atoms with van der Waals surface area (Å²) in [6.07, 6.45) is 9.44. The molecule has 2 nitrogen and oxygen atoms in total. The predicted molar refractivity (Wildman–Crippen MR) is 149 cm³/mol. The first kappa shape index (κ1) is 24.4. The molecule has 2 heterocycles. The first-order chi connectivity index (χ1) is 16.2. The molecule has 2 aliphatic heterocycles. The van der Waals surface area contributed by atoms with Crippen LogP contribution in [0.15, 0.2) is 84.2 Å². The van der Waals surface area contributed by atoms with Gasteiger partial charge in [0.15, 0.2) is 0 Å². The fourth-order valence-corrected chi connectivity index (χ4v) is 5.71. The van der Waals surface area contributed by atoms with Crippen molar-refractivity contribution in [2.75, 3.05) is 22.9 Å². The molecular formula is C32H42N2. The van der Waals surface area contributed by atoms with Crippen molar-refractivity contribution in [2.45, 2.75) is 78.1 Å². The van der Waals surface area contributed by atoms with Gasteiger partial charge in [-0.1, -0.05) is 97.4 Å². The van der Waals surface area contributed by atoms with E-state index in [-0.39, 0.29) is 10.8 Å². The molecule has 0 saturated carbocycles. The van der Waals surface area contributed by atoms with Crippen LogP contribution in [0.25, 0.3) is 0 Å². The molecular weight excluding hydrogens is 412 g/mol. The Morgan fingerprint density at radius 1 is 0.706 bits per heavy atom. The predicted octanol–water partition coefficient (Wildman–Crippen LogP) is 8.51. The van der Waals surface area contributed by atoms with Crippen LogP contribution in [0.2, 0.25) is 0 Å². The summed E-state index contributed by atoms with van der Waals surface area (Å²) in [5.41, 5.74) is 9.25. The van der Waals surface area contributed by atoms with Crippen LogP contribution in [0.4, 0.5) is 11.4 Å². The minimum absolute atomic E-state index is 0.0398. The Morgan fingerprint density at radius 2 is 1.09 bits per heavy atom. The second-order valence-corrected chi connectivity index (χ2v) is 10.9. The fraction of sp³-hybridized carbons (Fsp3) is 0.438. The molecule has 4 rings (SSSR count). The summed E-state index contributed by atoms with van der Waals surface area (Å²) < 4.78 is 0. The monoisotopic (exact) mass is 454 g/mol. The molecule has 0 aliphatic carbocycles. The standard InChI is InChI=1S/C32H42N2/c1-8-10-20-33-27-18-14-12-16-25(27)31(4,5)29(33)22-24(3)23-30-32(6,7)26-17-13-15-19-28(26)34(30)21-11-9-2/h12-19,22-23H,3,8-11,20-21H2,1-2,4-7H3/b29-22+,30-23+. The molecule has 2 aliphatic rings. The van der Waals surface area contributed by atoms with Gasteiger partial charge in [0, 0.05) is 46.7 Å². The minimum Gasteiger partial charge on any atom is -0.344 e. The maximum absolute atomic E-state index is 4.56. The van der Waals surface area contributed by atoms with Crippen molar-refractivity contribution in [1.29, 1.82) is 0 Å². The third-order valence-electron chi connectivity index (χ3n) is 7.71. The topological polar surface area (TPSA) is 6.48 Å². The van der Waals surface area contributed by atoms with Crippen LogP contribution in [0.5, 0.6) is 0 Å². The fourth-order valence-electron chi connectivity index (χ4n) is 5.71. The molecule has 180 valence electrons. The lowest BCUT2D eigenvalue weighted by molar-refractivity contribution is 0.620. The van der Waals surface area contributed by atoms with Crippen LogP contribution in [0.3, 0.4) is 0 Å². The maximum Gasteiger partial charge on any atom is 0.0450 e. The number of nitrogens with zero attached hydrogens (tertiary/aromatic N) is 2. The van der Waals surface area contributed by atoms with Crippen molar-refractivity contribution in [3.05, 3.63) is 95.4 Å². The van der Waals surface area contributed by atoms with Crippen LogP contribution in [0, 0.1) is 0 Å². The maximum atomic E-state index is 4.56. The number of benzene rings is 2. The van der Waals surface area contributed by atoms with Gasteiger partial charge in [-0.3, -0.25) is 0 Å². The number of anilines is 2. The van der Waals surface area contributed by atoms with E-state index in [2.05, 4.69) is 119 Å². The molecule has 0 radical (unpaired) electrons. The Kier molecular flexibility index (Phi) is 6.80. The third-order valence-corrected chi connectivity index (χ3v) is 7.71. The van der Waals surface area contributed by atoms with E-state index in [0.717, 1.165) is 18.7 Å². The zero-order chi connectivity index (χ0) is 24.5. The second-order valence-electron chi connectivity index (χ2n) is 10.9. The molecule has 0 aromatic heterocycles. The van der Waals surface area contributed by atoms with E-state index >= 15 is 0 Å². The van der Waals surface area contributed by atoms with E-state index in [1.165, 1.54) is 59.6 Å². The molecule has 0 atom stereocenters. The number of hydrogen-bond acceptors (Lipinski definition) is 2. The smallest absolute Gasteiger partial charge is 0.0450 e. The van der Waals surface area contributed by atoms with Crippen molar-refractivity contribution in [2.24, 2.45) is 0 Å². The lowest BCUT2D eigenvalue weighted by Gasteiger charge is -2.29. The van der Waals surface area contributed by atoms with E-state index in [1.54, 1.807) is 0 Å². The highest BCUT2D eigenvalue weighted by Crippen LogP contribution is 2.50. The molecule has 0 spiro atoms. The number of rotatable bonds is 8. The van der Waals surface area contributed by atoms with Gasteiger partial charge < -0.3 is 9.80 Å². The lowest BCUT2D eigenvalue weighted by atomic mass is 9.82. The molecule has 2 heteroatoms. The van der Waals surface area contributed by atoms with Crippen LogP contribution >= 0.6 is 0 Å². The highest BCUT2D eigenvalue weighted by Gasteiger charge is 2.41. The summed E-state index contributed by atoms with van der Waals surface area (Å²) in [5, 5.41) is 0. The van der Waals surface area contributed by atoms with Gasteiger partial charge in [0.25, 0.3) is 0 Å². The number of unbranched alkanes of at least 4 members (excludes halogenated alkanes) is 2. The molecule has 0 N–H and O–H groups in total. The van der Waals surface area contributed by atoms with Crippen LogP contribution in [0.1, 0.15) is 78.4 Å². The first-order valence-electron chi connectivity index (χ1n) is 13.1. The van der Waals surface area contributed by atoms with Crippen LogP contribution < -0.4 is 9.80 Å². The van der Waals surface area contributed by atoms with Gasteiger partial charge in [-0.25, -0.2) is 0 Å². The Hall–Kier alpha value is -2.74. The van der Waals surface area contributed by atoms with Crippen LogP contribution in [-0.4, -0.2) is 13.1 Å². The van der Waals surface area contributed by atoms with E-state index in [0.29, 0.717) is 0 Å². The summed E-state index contributed by atoms with van der Waals surface area (Å²) in [7, 11) is 0. The Labute approximate surface area is 207 Å². The van der Waals surface area contributed by atoms with Crippen molar-refractivity contribution in [1.82, 2.24) is 0 Å². The molecule has 0 bridgehead atoms. The highest BCUT2D eigenvalue weighted by atomic mass is 15.2. The molecule has 2 aromatic carbocycles. The number of allylic oxidation sites excluding steroid dienone is 5. The third kappa shape index (κ3) is 4.13. The molecule has 2 aromatic rings. The first-order valence-corrected chi connectivity index (χ1v) is 13.1. The van der Waals surface area contributed by atoms with E-state index < -0.39 is 0 Å².